The predicted octanol–water partition coefficient (Wildman–Crippen LogP) is 2.01. The van der Waals surface area contributed by atoms with E-state index in [9.17, 15) is 4.79 Å². The highest BCUT2D eigenvalue weighted by Crippen LogP contribution is 2.18. The second-order valence-electron chi connectivity index (χ2n) is 6.68. The molecule has 28 heavy (non-hydrogen) atoms. The lowest BCUT2D eigenvalue weighted by molar-refractivity contribution is -0.149. The largest absolute Gasteiger partial charge is 0.466 e. The number of likely N-dealkylation sites (tertiary alicyclic amines) is 1. The second-order valence-corrected chi connectivity index (χ2v) is 6.68. The van der Waals surface area contributed by atoms with E-state index in [0.717, 1.165) is 43.3 Å². The summed E-state index contributed by atoms with van der Waals surface area (Å²) in [4.78, 5) is 23.4. The lowest BCUT2D eigenvalue weighted by Crippen LogP contribution is -2.48. The van der Waals surface area contributed by atoms with Crippen molar-refractivity contribution in [3.63, 3.8) is 0 Å². The maximum atomic E-state index is 12.1. The molecule has 8 heteroatoms. The van der Waals surface area contributed by atoms with Gasteiger partial charge in [0, 0.05) is 38.2 Å². The van der Waals surface area contributed by atoms with Crippen LogP contribution in [0, 0.1) is 5.92 Å². The fourth-order valence-corrected chi connectivity index (χ4v) is 3.30. The summed E-state index contributed by atoms with van der Waals surface area (Å²) in [6.07, 6.45) is 7.18. The first-order chi connectivity index (χ1) is 13.7. The zero-order valence-corrected chi connectivity index (χ0v) is 16.5. The lowest BCUT2D eigenvalue weighted by Gasteiger charge is -2.34. The smallest absolute Gasteiger partial charge is 0.310 e. The molecule has 0 bridgehead atoms. The number of hydrogen-bond donors (Lipinski definition) is 1. The van der Waals surface area contributed by atoms with Gasteiger partial charge in [0.15, 0.2) is 11.8 Å². The number of guanidine groups is 1. The minimum Gasteiger partial charge on any atom is -0.466 e. The van der Waals surface area contributed by atoms with Gasteiger partial charge >= 0.3 is 5.97 Å². The van der Waals surface area contributed by atoms with Crippen LogP contribution in [0.15, 0.2) is 41.8 Å². The Hall–Kier alpha value is -2.90. The summed E-state index contributed by atoms with van der Waals surface area (Å²) < 4.78 is 6.94. The van der Waals surface area contributed by atoms with E-state index in [2.05, 4.69) is 20.3 Å². The second kappa shape index (κ2) is 9.87. The normalized spacial score (nSPS) is 17.4. The zero-order valence-electron chi connectivity index (χ0n) is 16.5. The monoisotopic (exact) mass is 384 g/mol. The van der Waals surface area contributed by atoms with E-state index in [-0.39, 0.29) is 11.9 Å². The quantitative estimate of drug-likeness (QED) is 0.466. The van der Waals surface area contributed by atoms with Crippen molar-refractivity contribution in [2.45, 2.75) is 33.2 Å². The number of ether oxygens (including phenoxy) is 1. The van der Waals surface area contributed by atoms with Gasteiger partial charge in [-0.3, -0.25) is 4.79 Å². The van der Waals surface area contributed by atoms with Crippen LogP contribution in [0.1, 0.15) is 32.3 Å². The van der Waals surface area contributed by atoms with Crippen molar-refractivity contribution in [2.75, 3.05) is 26.2 Å². The molecule has 1 fully saturated rings. The highest BCUT2D eigenvalue weighted by atomic mass is 16.5. The van der Waals surface area contributed by atoms with Gasteiger partial charge in [-0.05, 0) is 50.5 Å². The summed E-state index contributed by atoms with van der Waals surface area (Å²) in [5, 5.41) is 7.57. The molecule has 2 aromatic rings. The van der Waals surface area contributed by atoms with Crippen LogP contribution in [0.2, 0.25) is 0 Å². The maximum Gasteiger partial charge on any atom is 0.310 e. The molecule has 0 amide bonds. The van der Waals surface area contributed by atoms with E-state index in [1.54, 1.807) is 17.1 Å². The Bertz CT molecular complexity index is 790. The molecule has 1 aliphatic rings. The van der Waals surface area contributed by atoms with Crippen molar-refractivity contribution < 1.29 is 9.53 Å². The molecule has 1 saturated heterocycles. The van der Waals surface area contributed by atoms with E-state index in [4.69, 9.17) is 9.73 Å². The maximum absolute atomic E-state index is 12.1. The molecular formula is C20H28N6O2. The first-order valence-electron chi connectivity index (χ1n) is 9.86. The number of carbonyl (C=O) groups is 1. The molecule has 150 valence electrons. The van der Waals surface area contributed by atoms with Crippen molar-refractivity contribution in [1.82, 2.24) is 25.0 Å². The van der Waals surface area contributed by atoms with Crippen molar-refractivity contribution in [1.29, 1.82) is 0 Å². The van der Waals surface area contributed by atoms with Gasteiger partial charge in [-0.1, -0.05) is 0 Å². The van der Waals surface area contributed by atoms with E-state index in [1.807, 2.05) is 38.2 Å². The lowest BCUT2D eigenvalue weighted by atomic mass is 9.98. The predicted molar refractivity (Wildman–Crippen MR) is 107 cm³/mol. The van der Waals surface area contributed by atoms with Gasteiger partial charge in [-0.2, -0.15) is 5.10 Å². The zero-order chi connectivity index (χ0) is 19.8. The summed E-state index contributed by atoms with van der Waals surface area (Å²) in [6, 6.07) is 5.81. The number of pyridine rings is 1. The molecule has 1 N–H and O–H groups in total. The van der Waals surface area contributed by atoms with Gasteiger partial charge < -0.3 is 15.0 Å². The fraction of sp³-hybridized carbons (Fsp3) is 0.500. The third kappa shape index (κ3) is 5.09. The third-order valence-electron chi connectivity index (χ3n) is 4.64. The first-order valence-corrected chi connectivity index (χ1v) is 9.86. The van der Waals surface area contributed by atoms with E-state index in [1.165, 1.54) is 0 Å². The Labute approximate surface area is 165 Å². The minimum absolute atomic E-state index is 0.0927. The fourth-order valence-electron chi connectivity index (χ4n) is 3.30. The Morgan fingerprint density at radius 3 is 3.04 bits per heavy atom. The molecule has 2 aromatic heterocycles. The molecule has 0 spiro atoms. The summed E-state index contributed by atoms with van der Waals surface area (Å²) in [5.74, 6) is 1.39. The van der Waals surface area contributed by atoms with Gasteiger partial charge in [-0.25, -0.2) is 14.7 Å². The van der Waals surface area contributed by atoms with Gasteiger partial charge in [0.2, 0.25) is 0 Å². The van der Waals surface area contributed by atoms with E-state index < -0.39 is 0 Å². The number of hydrogen-bond acceptors (Lipinski definition) is 5. The molecule has 8 nitrogen and oxygen atoms in total. The summed E-state index contributed by atoms with van der Waals surface area (Å²) in [6.45, 7) is 7.13. The van der Waals surface area contributed by atoms with Crippen LogP contribution in [0.5, 0.6) is 0 Å². The number of aromatic nitrogens is 3. The number of nitrogens with one attached hydrogen (secondary N) is 1. The van der Waals surface area contributed by atoms with Crippen molar-refractivity contribution in [2.24, 2.45) is 10.9 Å². The number of rotatable bonds is 6. The Kier molecular flexibility index (Phi) is 7.00. The van der Waals surface area contributed by atoms with E-state index in [0.29, 0.717) is 19.7 Å². The van der Waals surface area contributed by atoms with Crippen LogP contribution >= 0.6 is 0 Å². The van der Waals surface area contributed by atoms with Crippen LogP contribution < -0.4 is 5.32 Å². The summed E-state index contributed by atoms with van der Waals surface area (Å²) in [7, 11) is 0. The standard InChI is InChI=1S/C20H28N6O2/c1-3-21-20(25-11-5-7-17(15-25)19(27)28-4-2)23-14-16-8-10-22-18(13-16)26-12-6-9-24-26/h6,8-10,12-13,17H,3-5,7,11,14-15H2,1-2H3,(H,21,23). The molecule has 0 radical (unpaired) electrons. The van der Waals surface area contributed by atoms with Gasteiger partial charge in [0.25, 0.3) is 0 Å². The molecule has 1 unspecified atom stereocenters. The molecule has 0 aromatic carbocycles. The van der Waals surface area contributed by atoms with Crippen molar-refractivity contribution in [3.8, 4) is 5.82 Å². The average molecular weight is 384 g/mol. The molecular weight excluding hydrogens is 356 g/mol. The third-order valence-corrected chi connectivity index (χ3v) is 4.64. The molecule has 0 aliphatic carbocycles. The van der Waals surface area contributed by atoms with Crippen LogP contribution in [0.3, 0.4) is 0 Å². The topological polar surface area (TPSA) is 84.6 Å². The molecule has 3 heterocycles. The number of carbonyl (C=O) groups excluding carboxylic acids is 1. The number of aliphatic imine (C=N–C) groups is 1. The highest BCUT2D eigenvalue weighted by molar-refractivity contribution is 5.81. The van der Waals surface area contributed by atoms with Crippen LogP contribution in [-0.2, 0) is 16.1 Å². The molecule has 0 saturated carbocycles. The highest BCUT2D eigenvalue weighted by Gasteiger charge is 2.28. The number of piperidine rings is 1. The first kappa shape index (κ1) is 19.9. The van der Waals surface area contributed by atoms with Gasteiger partial charge in [-0.15, -0.1) is 0 Å². The van der Waals surface area contributed by atoms with E-state index >= 15 is 0 Å². The Morgan fingerprint density at radius 1 is 1.39 bits per heavy atom. The average Bonchev–Trinajstić information content (AvgIpc) is 3.26. The van der Waals surface area contributed by atoms with Crippen LogP contribution in [-0.4, -0.2) is 57.8 Å². The molecule has 1 atom stereocenters. The van der Waals surface area contributed by atoms with Crippen molar-refractivity contribution >= 4 is 11.9 Å². The number of nitrogens with zero attached hydrogens (tertiary/aromatic N) is 5. The molecule has 1 aliphatic heterocycles. The SMILES string of the molecule is CCNC(=NCc1ccnc(-n2cccn2)c1)N1CCCC(C(=O)OCC)C1. The number of esters is 1. The van der Waals surface area contributed by atoms with Gasteiger partial charge in [0.1, 0.15) is 0 Å². The van der Waals surface area contributed by atoms with Crippen LogP contribution in [0.25, 0.3) is 5.82 Å². The Morgan fingerprint density at radius 2 is 2.29 bits per heavy atom. The van der Waals surface area contributed by atoms with Crippen molar-refractivity contribution in [3.05, 3.63) is 42.4 Å². The van der Waals surface area contributed by atoms with Crippen LogP contribution in [0.4, 0.5) is 0 Å². The Balaban J connectivity index is 1.70. The summed E-state index contributed by atoms with van der Waals surface area (Å²) in [5.41, 5.74) is 1.05. The summed E-state index contributed by atoms with van der Waals surface area (Å²) >= 11 is 0. The molecule has 3 rings (SSSR count). The minimum atomic E-state index is -0.110. The van der Waals surface area contributed by atoms with Gasteiger partial charge in [0.05, 0.1) is 19.1 Å².